The van der Waals surface area contributed by atoms with E-state index in [0.717, 1.165) is 5.39 Å². The van der Waals surface area contributed by atoms with Gasteiger partial charge in [0.05, 0.1) is 11.1 Å². The van der Waals surface area contributed by atoms with Gasteiger partial charge in [-0.1, -0.05) is 6.07 Å². The Bertz CT molecular complexity index is 1200. The summed E-state index contributed by atoms with van der Waals surface area (Å²) in [5, 5.41) is 29.3. The Kier molecular flexibility index (Phi) is 5.31. The van der Waals surface area contributed by atoms with Crippen molar-refractivity contribution in [2.24, 2.45) is 7.05 Å². The molecule has 0 amide bonds. The number of aromatic carboxylic acids is 1. The fourth-order valence-electron chi connectivity index (χ4n) is 4.18. The van der Waals surface area contributed by atoms with Gasteiger partial charge in [0.2, 0.25) is 0 Å². The Balaban J connectivity index is 1.62. The molecule has 0 bridgehead atoms. The lowest BCUT2D eigenvalue weighted by Gasteiger charge is -2.38. The maximum absolute atomic E-state index is 12.3. The van der Waals surface area contributed by atoms with Crippen LogP contribution in [0.15, 0.2) is 42.7 Å². The molecule has 3 heterocycles. The van der Waals surface area contributed by atoms with E-state index in [4.69, 9.17) is 0 Å². The van der Waals surface area contributed by atoms with Gasteiger partial charge < -0.3 is 19.7 Å². The third-order valence-electron chi connectivity index (χ3n) is 5.68. The molecule has 1 aliphatic heterocycles. The van der Waals surface area contributed by atoms with Crippen LogP contribution < -0.4 is 4.90 Å². The second-order valence-electron chi connectivity index (χ2n) is 7.48. The normalized spacial score (nSPS) is 15.5. The van der Waals surface area contributed by atoms with Crippen LogP contribution in [-0.4, -0.2) is 62.8 Å². The molecule has 1 atom stereocenters. The van der Waals surface area contributed by atoms with E-state index >= 15 is 0 Å². The number of piperazine rings is 1. The van der Waals surface area contributed by atoms with Crippen molar-refractivity contribution in [2.45, 2.75) is 6.04 Å². The number of aryl methyl sites for hydroxylation is 1. The number of nitrogens with zero attached hydrogens (tertiary/aromatic N) is 5. The van der Waals surface area contributed by atoms with Crippen LogP contribution in [-0.2, 0) is 11.8 Å². The first kappa shape index (κ1) is 20.4. The highest BCUT2D eigenvalue weighted by atomic mass is 16.4. The minimum Gasteiger partial charge on any atom is -0.480 e. The van der Waals surface area contributed by atoms with Gasteiger partial charge in [0.25, 0.3) is 0 Å². The SMILES string of the molecule is Cn1cc(C(C(=O)O)N2CCN(c3ncccc3C#N)CC2)c2ccc(C(=O)O)cc21. The summed E-state index contributed by atoms with van der Waals surface area (Å²) in [4.78, 5) is 31.8. The fraction of sp³-hybridized carbons (Fsp3) is 0.273. The largest absolute Gasteiger partial charge is 0.480 e. The third-order valence-corrected chi connectivity index (χ3v) is 5.68. The molecular weight excluding hydrogens is 398 g/mol. The Morgan fingerprint density at radius 1 is 1.16 bits per heavy atom. The van der Waals surface area contributed by atoms with Crippen molar-refractivity contribution in [1.82, 2.24) is 14.5 Å². The molecule has 1 saturated heterocycles. The predicted octanol–water partition coefficient (Wildman–Crippen LogP) is 2.09. The summed E-state index contributed by atoms with van der Waals surface area (Å²) in [6.07, 6.45) is 3.40. The van der Waals surface area contributed by atoms with E-state index in [-0.39, 0.29) is 5.56 Å². The average molecular weight is 419 g/mol. The van der Waals surface area contributed by atoms with Crippen molar-refractivity contribution in [3.05, 3.63) is 59.4 Å². The molecule has 0 aliphatic carbocycles. The number of carboxylic acid groups (broad SMARTS) is 2. The number of nitriles is 1. The first-order chi connectivity index (χ1) is 14.9. The molecule has 0 saturated carbocycles. The van der Waals surface area contributed by atoms with Crippen LogP contribution in [0, 0.1) is 11.3 Å². The molecule has 31 heavy (non-hydrogen) atoms. The molecule has 9 heteroatoms. The van der Waals surface area contributed by atoms with Gasteiger partial charge in [0.15, 0.2) is 0 Å². The van der Waals surface area contributed by atoms with Crippen LogP contribution >= 0.6 is 0 Å². The first-order valence-electron chi connectivity index (χ1n) is 9.80. The summed E-state index contributed by atoms with van der Waals surface area (Å²) in [5.41, 5.74) is 1.95. The maximum Gasteiger partial charge on any atom is 0.335 e. The van der Waals surface area contributed by atoms with Crippen molar-refractivity contribution in [3.63, 3.8) is 0 Å². The molecule has 0 radical (unpaired) electrons. The van der Waals surface area contributed by atoms with Crippen molar-refractivity contribution >= 4 is 28.7 Å². The summed E-state index contributed by atoms with van der Waals surface area (Å²) in [7, 11) is 1.78. The van der Waals surface area contributed by atoms with Gasteiger partial charge in [0, 0.05) is 62.1 Å². The smallest absolute Gasteiger partial charge is 0.335 e. The second-order valence-corrected chi connectivity index (χ2v) is 7.48. The monoisotopic (exact) mass is 419 g/mol. The van der Waals surface area contributed by atoms with E-state index in [1.807, 2.05) is 9.80 Å². The van der Waals surface area contributed by atoms with E-state index in [2.05, 4.69) is 11.1 Å². The van der Waals surface area contributed by atoms with E-state index in [9.17, 15) is 25.1 Å². The number of hydrogen-bond donors (Lipinski definition) is 2. The van der Waals surface area contributed by atoms with Crippen LogP contribution in [0.4, 0.5) is 5.82 Å². The number of pyridine rings is 1. The van der Waals surface area contributed by atoms with Crippen LogP contribution in [0.1, 0.15) is 27.5 Å². The minimum absolute atomic E-state index is 0.157. The number of benzene rings is 1. The minimum atomic E-state index is -1.03. The molecule has 1 aromatic carbocycles. The highest BCUT2D eigenvalue weighted by Crippen LogP contribution is 2.32. The van der Waals surface area contributed by atoms with Crippen molar-refractivity contribution in [2.75, 3.05) is 31.1 Å². The number of fused-ring (bicyclic) bond motifs is 1. The number of anilines is 1. The first-order valence-corrected chi connectivity index (χ1v) is 9.80. The van der Waals surface area contributed by atoms with Crippen molar-refractivity contribution in [1.29, 1.82) is 5.26 Å². The summed E-state index contributed by atoms with van der Waals surface area (Å²) in [5.74, 6) is -1.37. The van der Waals surface area contributed by atoms with Crippen molar-refractivity contribution < 1.29 is 19.8 Å². The summed E-state index contributed by atoms with van der Waals surface area (Å²) >= 11 is 0. The zero-order valence-electron chi connectivity index (χ0n) is 16.9. The summed E-state index contributed by atoms with van der Waals surface area (Å²) < 4.78 is 1.76. The zero-order valence-corrected chi connectivity index (χ0v) is 16.9. The third kappa shape index (κ3) is 3.69. The maximum atomic E-state index is 12.3. The molecule has 1 aliphatic rings. The number of carbonyl (C=O) groups is 2. The zero-order chi connectivity index (χ0) is 22.1. The van der Waals surface area contributed by atoms with Crippen LogP contribution in [0.3, 0.4) is 0 Å². The number of carboxylic acids is 2. The average Bonchev–Trinajstić information content (AvgIpc) is 3.09. The lowest BCUT2D eigenvalue weighted by Crippen LogP contribution is -2.49. The molecule has 9 nitrogen and oxygen atoms in total. The van der Waals surface area contributed by atoms with E-state index < -0.39 is 18.0 Å². The van der Waals surface area contributed by atoms with E-state index in [1.54, 1.807) is 48.3 Å². The lowest BCUT2D eigenvalue weighted by atomic mass is 10.0. The molecular formula is C22H21N5O4. The Morgan fingerprint density at radius 2 is 1.90 bits per heavy atom. The van der Waals surface area contributed by atoms with Gasteiger partial charge >= 0.3 is 11.9 Å². The number of aromatic nitrogens is 2. The summed E-state index contributed by atoms with van der Waals surface area (Å²) in [6, 6.07) is 9.45. The number of rotatable bonds is 5. The van der Waals surface area contributed by atoms with Crippen LogP contribution in [0.2, 0.25) is 0 Å². The number of aliphatic carboxylic acids is 1. The Labute approximate surface area is 178 Å². The molecule has 4 rings (SSSR count). The van der Waals surface area contributed by atoms with Crippen LogP contribution in [0.25, 0.3) is 10.9 Å². The van der Waals surface area contributed by atoms with Gasteiger partial charge in [-0.3, -0.25) is 9.69 Å². The molecule has 2 N–H and O–H groups in total. The van der Waals surface area contributed by atoms with Gasteiger partial charge in [-0.2, -0.15) is 5.26 Å². The standard InChI is InChI=1S/C22H21N5O4/c1-25-13-17(16-5-4-14(21(28)29)11-18(16)25)19(22(30)31)26-7-9-27(10-8-26)20-15(12-23)3-2-6-24-20/h2-6,11,13,19H,7-10H2,1H3,(H,28,29)(H,30,31). The lowest BCUT2D eigenvalue weighted by molar-refractivity contribution is -0.143. The Hall–Kier alpha value is -3.90. The van der Waals surface area contributed by atoms with Gasteiger partial charge in [0.1, 0.15) is 17.9 Å². The van der Waals surface area contributed by atoms with E-state index in [0.29, 0.717) is 48.6 Å². The Morgan fingerprint density at radius 3 is 2.55 bits per heavy atom. The topological polar surface area (TPSA) is 123 Å². The molecule has 2 aromatic heterocycles. The molecule has 158 valence electrons. The fourth-order valence-corrected chi connectivity index (χ4v) is 4.18. The van der Waals surface area contributed by atoms with Gasteiger partial charge in [-0.25, -0.2) is 9.78 Å². The summed E-state index contributed by atoms with van der Waals surface area (Å²) in [6.45, 7) is 2.07. The molecule has 0 spiro atoms. The second kappa shape index (κ2) is 8.08. The van der Waals surface area contributed by atoms with E-state index in [1.165, 1.54) is 6.07 Å². The van der Waals surface area contributed by atoms with Crippen LogP contribution in [0.5, 0.6) is 0 Å². The highest BCUT2D eigenvalue weighted by molar-refractivity contribution is 5.96. The number of hydrogen-bond acceptors (Lipinski definition) is 6. The molecule has 1 fully saturated rings. The quantitative estimate of drug-likeness (QED) is 0.645. The molecule has 1 unspecified atom stereocenters. The predicted molar refractivity (Wildman–Crippen MR) is 113 cm³/mol. The highest BCUT2D eigenvalue weighted by Gasteiger charge is 2.33. The van der Waals surface area contributed by atoms with Crippen molar-refractivity contribution in [3.8, 4) is 6.07 Å². The van der Waals surface area contributed by atoms with Gasteiger partial charge in [-0.15, -0.1) is 0 Å². The van der Waals surface area contributed by atoms with Gasteiger partial charge in [-0.05, 0) is 24.3 Å². The molecule has 3 aromatic rings.